The lowest BCUT2D eigenvalue weighted by molar-refractivity contribution is 0.170. The van der Waals surface area contributed by atoms with Crippen molar-refractivity contribution in [2.24, 2.45) is 23.7 Å². The summed E-state index contributed by atoms with van der Waals surface area (Å²) in [5.74, 6) is 3.59. The zero-order valence-electron chi connectivity index (χ0n) is 8.55. The van der Waals surface area contributed by atoms with E-state index in [2.05, 4.69) is 13.8 Å². The van der Waals surface area contributed by atoms with E-state index in [1.54, 1.807) is 5.57 Å². The molecule has 3 aliphatic rings. The summed E-state index contributed by atoms with van der Waals surface area (Å²) in [6.07, 6.45) is 2.88. The monoisotopic (exact) mass is 178 g/mol. The van der Waals surface area contributed by atoms with Crippen molar-refractivity contribution in [1.29, 1.82) is 0 Å². The molecule has 0 N–H and O–H groups in total. The van der Waals surface area contributed by atoms with E-state index in [-0.39, 0.29) is 0 Å². The van der Waals surface area contributed by atoms with Gasteiger partial charge in [-0.15, -0.1) is 0 Å². The molecule has 13 heavy (non-hydrogen) atoms. The second kappa shape index (κ2) is 2.60. The summed E-state index contributed by atoms with van der Waals surface area (Å²) in [4.78, 5) is 0. The molecule has 0 aromatic heterocycles. The summed E-state index contributed by atoms with van der Waals surface area (Å²) >= 11 is 0. The maximum absolute atomic E-state index is 5.60. The molecule has 1 heterocycles. The highest BCUT2D eigenvalue weighted by Gasteiger charge is 2.53. The lowest BCUT2D eigenvalue weighted by Gasteiger charge is -2.20. The molecule has 0 aromatic carbocycles. The molecular weight excluding hydrogens is 160 g/mol. The van der Waals surface area contributed by atoms with Crippen LogP contribution in [0.2, 0.25) is 0 Å². The number of rotatable bonds is 0. The number of hydrogen-bond acceptors (Lipinski definition) is 1. The molecule has 1 saturated heterocycles. The molecule has 1 heteroatoms. The lowest BCUT2D eigenvalue weighted by atomic mass is 9.82. The maximum atomic E-state index is 5.60. The molecule has 0 aromatic rings. The molecule has 1 aliphatic heterocycles. The number of allylic oxidation sites excluding steroid dienone is 2. The molecule has 0 spiro atoms. The van der Waals surface area contributed by atoms with Gasteiger partial charge in [-0.25, -0.2) is 0 Å². The van der Waals surface area contributed by atoms with Crippen LogP contribution in [0.4, 0.5) is 0 Å². The number of ether oxygens (including phenoxy) is 1. The highest BCUT2D eigenvalue weighted by atomic mass is 16.5. The minimum absolute atomic E-state index is 0.892. The molecule has 72 valence electrons. The Morgan fingerprint density at radius 1 is 1.08 bits per heavy atom. The van der Waals surface area contributed by atoms with Crippen LogP contribution in [0.3, 0.4) is 0 Å². The Labute approximate surface area is 80.2 Å². The fraction of sp³-hybridized carbons (Fsp3) is 0.833. The van der Waals surface area contributed by atoms with Crippen LogP contribution in [0.5, 0.6) is 0 Å². The Kier molecular flexibility index (Phi) is 1.61. The van der Waals surface area contributed by atoms with Crippen LogP contribution in [-0.2, 0) is 4.74 Å². The second-order valence-electron chi connectivity index (χ2n) is 5.11. The normalized spacial score (nSPS) is 47.1. The molecular formula is C12H18O. The van der Waals surface area contributed by atoms with Gasteiger partial charge in [0.2, 0.25) is 0 Å². The third-order valence-corrected chi connectivity index (χ3v) is 4.37. The first-order valence-corrected chi connectivity index (χ1v) is 5.54. The number of hydrogen-bond donors (Lipinski definition) is 0. The zero-order chi connectivity index (χ0) is 9.00. The van der Waals surface area contributed by atoms with Crippen molar-refractivity contribution in [2.45, 2.75) is 26.7 Å². The summed E-state index contributed by atoms with van der Waals surface area (Å²) in [5.41, 5.74) is 3.42. The Morgan fingerprint density at radius 3 is 2.08 bits per heavy atom. The first kappa shape index (κ1) is 8.05. The Bertz CT molecular complexity index is 242. The molecule has 3 rings (SSSR count). The van der Waals surface area contributed by atoms with Crippen LogP contribution < -0.4 is 0 Å². The van der Waals surface area contributed by atoms with E-state index in [9.17, 15) is 0 Å². The molecule has 0 amide bonds. The van der Waals surface area contributed by atoms with Gasteiger partial charge in [0.25, 0.3) is 0 Å². The molecule has 2 aliphatic carbocycles. The lowest BCUT2D eigenvalue weighted by Crippen LogP contribution is -2.19. The second-order valence-corrected chi connectivity index (χ2v) is 5.11. The van der Waals surface area contributed by atoms with E-state index in [0.29, 0.717) is 0 Å². The van der Waals surface area contributed by atoms with Crippen LogP contribution >= 0.6 is 0 Å². The van der Waals surface area contributed by atoms with E-state index in [1.807, 2.05) is 5.57 Å². The van der Waals surface area contributed by atoms with Crippen LogP contribution in [0, 0.1) is 23.7 Å². The Hall–Kier alpha value is -0.300. The molecule has 2 bridgehead atoms. The van der Waals surface area contributed by atoms with E-state index in [4.69, 9.17) is 4.74 Å². The topological polar surface area (TPSA) is 9.23 Å². The van der Waals surface area contributed by atoms with E-state index < -0.39 is 0 Å². The zero-order valence-corrected chi connectivity index (χ0v) is 8.55. The van der Waals surface area contributed by atoms with E-state index in [0.717, 1.165) is 36.9 Å². The standard InChI is InChI=1S/C12H18O/c1-7(2)12-8-3-4-9(12)11-6-13-5-10(8)11/h8-11H,3-6H2,1-2H3/t8-,9-,10+,11+/m0/s1. The highest BCUT2D eigenvalue weighted by molar-refractivity contribution is 5.29. The van der Waals surface area contributed by atoms with Crippen molar-refractivity contribution in [3.05, 3.63) is 11.1 Å². The molecule has 0 unspecified atom stereocenters. The molecule has 1 nitrogen and oxygen atoms in total. The third-order valence-electron chi connectivity index (χ3n) is 4.37. The number of fused-ring (bicyclic) bond motifs is 5. The van der Waals surface area contributed by atoms with Crippen LogP contribution in [-0.4, -0.2) is 13.2 Å². The van der Waals surface area contributed by atoms with Crippen molar-refractivity contribution in [3.63, 3.8) is 0 Å². The predicted octanol–water partition coefficient (Wildman–Crippen LogP) is 2.63. The van der Waals surface area contributed by atoms with Crippen LogP contribution in [0.25, 0.3) is 0 Å². The van der Waals surface area contributed by atoms with E-state index >= 15 is 0 Å². The Balaban J connectivity index is 2.01. The molecule has 3 fully saturated rings. The quantitative estimate of drug-likeness (QED) is 0.518. The minimum atomic E-state index is 0.892. The predicted molar refractivity (Wildman–Crippen MR) is 52.4 cm³/mol. The Morgan fingerprint density at radius 2 is 1.62 bits per heavy atom. The minimum Gasteiger partial charge on any atom is -0.381 e. The van der Waals surface area contributed by atoms with Gasteiger partial charge in [-0.3, -0.25) is 0 Å². The van der Waals surface area contributed by atoms with Gasteiger partial charge in [-0.1, -0.05) is 11.1 Å². The summed E-state index contributed by atoms with van der Waals surface area (Å²) in [6.45, 7) is 6.68. The van der Waals surface area contributed by atoms with Gasteiger partial charge in [-0.05, 0) is 50.4 Å². The van der Waals surface area contributed by atoms with Gasteiger partial charge in [0.1, 0.15) is 0 Å². The van der Waals surface area contributed by atoms with Gasteiger partial charge >= 0.3 is 0 Å². The van der Waals surface area contributed by atoms with Gasteiger partial charge in [0.15, 0.2) is 0 Å². The first-order chi connectivity index (χ1) is 6.29. The SMILES string of the molecule is CC(C)=C1[C@H]2CC[C@H]1[C@H]1COC[C@@H]12. The summed E-state index contributed by atoms with van der Waals surface area (Å²) in [7, 11) is 0. The fourth-order valence-corrected chi connectivity index (χ4v) is 3.99. The average molecular weight is 178 g/mol. The third kappa shape index (κ3) is 0.914. The van der Waals surface area contributed by atoms with Crippen LogP contribution in [0.15, 0.2) is 11.1 Å². The smallest absolute Gasteiger partial charge is 0.0503 e. The first-order valence-electron chi connectivity index (χ1n) is 5.54. The van der Waals surface area contributed by atoms with Crippen molar-refractivity contribution >= 4 is 0 Å². The summed E-state index contributed by atoms with van der Waals surface area (Å²) in [5, 5.41) is 0. The molecule has 4 atom stereocenters. The van der Waals surface area contributed by atoms with Gasteiger partial charge in [-0.2, -0.15) is 0 Å². The van der Waals surface area contributed by atoms with E-state index in [1.165, 1.54) is 12.8 Å². The largest absolute Gasteiger partial charge is 0.381 e. The molecule has 2 saturated carbocycles. The van der Waals surface area contributed by atoms with Gasteiger partial charge in [0.05, 0.1) is 13.2 Å². The van der Waals surface area contributed by atoms with Crippen LogP contribution in [0.1, 0.15) is 26.7 Å². The fourth-order valence-electron chi connectivity index (χ4n) is 3.99. The molecule has 0 radical (unpaired) electrons. The summed E-state index contributed by atoms with van der Waals surface area (Å²) < 4.78 is 5.60. The van der Waals surface area contributed by atoms with Gasteiger partial charge < -0.3 is 4.74 Å². The van der Waals surface area contributed by atoms with Crippen molar-refractivity contribution in [2.75, 3.05) is 13.2 Å². The van der Waals surface area contributed by atoms with Crippen molar-refractivity contribution in [1.82, 2.24) is 0 Å². The van der Waals surface area contributed by atoms with Crippen molar-refractivity contribution < 1.29 is 4.74 Å². The van der Waals surface area contributed by atoms with Crippen molar-refractivity contribution in [3.8, 4) is 0 Å². The average Bonchev–Trinajstić information content (AvgIpc) is 2.75. The highest BCUT2D eigenvalue weighted by Crippen LogP contribution is 2.58. The maximum Gasteiger partial charge on any atom is 0.0503 e. The summed E-state index contributed by atoms with van der Waals surface area (Å²) in [6, 6.07) is 0. The van der Waals surface area contributed by atoms with Gasteiger partial charge in [0, 0.05) is 0 Å².